The molecule has 3 heteroatoms. The topological polar surface area (TPSA) is 23.5 Å². The Balaban J connectivity index is 2.29. The highest BCUT2D eigenvalue weighted by atomic mass is 35.5. The van der Waals surface area contributed by atoms with Crippen LogP contribution in [0.2, 0.25) is 5.02 Å². The summed E-state index contributed by atoms with van der Waals surface area (Å²) in [5.41, 5.74) is 2.05. The van der Waals surface area contributed by atoms with Gasteiger partial charge in [0.15, 0.2) is 0 Å². The van der Waals surface area contributed by atoms with E-state index in [4.69, 9.17) is 11.6 Å². The largest absolute Gasteiger partial charge is 0.392 e. The van der Waals surface area contributed by atoms with Crippen LogP contribution in [0.15, 0.2) is 18.2 Å². The molecule has 0 aliphatic carbocycles. The van der Waals surface area contributed by atoms with Gasteiger partial charge in [0, 0.05) is 29.4 Å². The van der Waals surface area contributed by atoms with Gasteiger partial charge in [-0.15, -0.1) is 0 Å². The Morgan fingerprint density at radius 1 is 1.31 bits per heavy atom. The average Bonchev–Trinajstić information content (AvgIpc) is 2.59. The molecule has 1 N–H and O–H groups in total. The molecule has 1 saturated heterocycles. The molecule has 2 unspecified atom stereocenters. The maximum absolute atomic E-state index is 9.33. The average molecular weight is 240 g/mol. The molecule has 1 fully saturated rings. The Bertz CT molecular complexity index is 370. The van der Waals surface area contributed by atoms with Crippen molar-refractivity contribution in [3.63, 3.8) is 0 Å². The Kier molecular flexibility index (Phi) is 3.41. The maximum atomic E-state index is 9.33. The van der Waals surface area contributed by atoms with Crippen LogP contribution in [0.25, 0.3) is 0 Å². The molecule has 2 rings (SSSR count). The molecule has 1 heterocycles. The predicted molar refractivity (Wildman–Crippen MR) is 67.9 cm³/mol. The van der Waals surface area contributed by atoms with Crippen molar-refractivity contribution in [2.24, 2.45) is 11.8 Å². The van der Waals surface area contributed by atoms with Crippen molar-refractivity contribution >= 4 is 17.3 Å². The van der Waals surface area contributed by atoms with Crippen LogP contribution < -0.4 is 4.90 Å². The molecule has 2 nitrogen and oxygen atoms in total. The van der Waals surface area contributed by atoms with E-state index < -0.39 is 0 Å². The minimum atomic E-state index is 0.0752. The molecule has 0 amide bonds. The molecule has 1 aliphatic heterocycles. The number of nitrogens with zero attached hydrogens (tertiary/aromatic N) is 1. The first kappa shape index (κ1) is 11.7. The predicted octanol–water partition coefficient (Wildman–Crippen LogP) is 2.92. The summed E-state index contributed by atoms with van der Waals surface area (Å²) in [6, 6.07) is 5.70. The van der Waals surface area contributed by atoms with Gasteiger partial charge in [-0.05, 0) is 24.0 Å². The van der Waals surface area contributed by atoms with E-state index in [2.05, 4.69) is 18.7 Å². The zero-order chi connectivity index (χ0) is 11.7. The van der Waals surface area contributed by atoms with Crippen LogP contribution in [-0.2, 0) is 6.61 Å². The monoisotopic (exact) mass is 239 g/mol. The van der Waals surface area contributed by atoms with E-state index >= 15 is 0 Å². The molecule has 1 aromatic rings. The number of rotatable bonds is 2. The van der Waals surface area contributed by atoms with Crippen molar-refractivity contribution in [3.8, 4) is 0 Å². The molecule has 0 radical (unpaired) electrons. The lowest BCUT2D eigenvalue weighted by Gasteiger charge is -2.21. The SMILES string of the molecule is CC1CN(c2cc(Cl)ccc2CO)CC1C. The first-order valence-corrected chi connectivity index (χ1v) is 6.14. The number of aliphatic hydroxyl groups is 1. The molecule has 0 spiro atoms. The van der Waals surface area contributed by atoms with Crippen LogP contribution in [0.1, 0.15) is 19.4 Å². The highest BCUT2D eigenvalue weighted by molar-refractivity contribution is 6.30. The molecule has 1 aliphatic rings. The van der Waals surface area contributed by atoms with Crippen LogP contribution in [-0.4, -0.2) is 18.2 Å². The van der Waals surface area contributed by atoms with Crippen molar-refractivity contribution in [3.05, 3.63) is 28.8 Å². The number of benzene rings is 1. The van der Waals surface area contributed by atoms with Crippen LogP contribution in [0.5, 0.6) is 0 Å². The summed E-state index contributed by atoms with van der Waals surface area (Å²) >= 11 is 6.02. The second kappa shape index (κ2) is 4.64. The number of hydrogen-bond donors (Lipinski definition) is 1. The van der Waals surface area contributed by atoms with Crippen molar-refractivity contribution in [2.45, 2.75) is 20.5 Å². The minimum Gasteiger partial charge on any atom is -0.392 e. The molecule has 0 bridgehead atoms. The maximum Gasteiger partial charge on any atom is 0.0702 e. The van der Waals surface area contributed by atoms with Gasteiger partial charge in [0.05, 0.1) is 6.61 Å². The Morgan fingerprint density at radius 2 is 1.94 bits per heavy atom. The third-order valence-electron chi connectivity index (χ3n) is 3.55. The van der Waals surface area contributed by atoms with Crippen molar-refractivity contribution < 1.29 is 5.11 Å². The first-order valence-electron chi connectivity index (χ1n) is 5.76. The summed E-state index contributed by atoms with van der Waals surface area (Å²) in [5, 5.41) is 10.1. The summed E-state index contributed by atoms with van der Waals surface area (Å²) < 4.78 is 0. The second-order valence-electron chi connectivity index (χ2n) is 4.79. The smallest absolute Gasteiger partial charge is 0.0702 e. The molecule has 0 aromatic heterocycles. The molecule has 0 saturated carbocycles. The van der Waals surface area contributed by atoms with Gasteiger partial charge in [0.25, 0.3) is 0 Å². The highest BCUT2D eigenvalue weighted by Crippen LogP contribution is 2.32. The summed E-state index contributed by atoms with van der Waals surface area (Å²) in [5.74, 6) is 1.40. The van der Waals surface area contributed by atoms with E-state index in [9.17, 15) is 5.11 Å². The van der Waals surface area contributed by atoms with E-state index in [1.807, 2.05) is 18.2 Å². The van der Waals surface area contributed by atoms with Crippen LogP contribution in [0, 0.1) is 11.8 Å². The highest BCUT2D eigenvalue weighted by Gasteiger charge is 2.27. The van der Waals surface area contributed by atoms with Gasteiger partial charge in [0.1, 0.15) is 0 Å². The number of hydrogen-bond acceptors (Lipinski definition) is 2. The van der Waals surface area contributed by atoms with Crippen LogP contribution >= 0.6 is 11.6 Å². The van der Waals surface area contributed by atoms with E-state index in [1.54, 1.807) is 0 Å². The van der Waals surface area contributed by atoms with Gasteiger partial charge in [0.2, 0.25) is 0 Å². The lowest BCUT2D eigenvalue weighted by Crippen LogP contribution is -2.21. The van der Waals surface area contributed by atoms with Gasteiger partial charge in [-0.1, -0.05) is 31.5 Å². The van der Waals surface area contributed by atoms with Gasteiger partial charge in [-0.25, -0.2) is 0 Å². The molecule has 16 heavy (non-hydrogen) atoms. The van der Waals surface area contributed by atoms with Crippen molar-refractivity contribution in [1.29, 1.82) is 0 Å². The minimum absolute atomic E-state index is 0.0752. The fourth-order valence-corrected chi connectivity index (χ4v) is 2.46. The standard InChI is InChI=1S/C13H18ClNO/c1-9-6-15(7-10(9)2)13-5-12(14)4-3-11(13)8-16/h3-5,9-10,16H,6-8H2,1-2H3. The van der Waals surface area contributed by atoms with Crippen molar-refractivity contribution in [2.75, 3.05) is 18.0 Å². The van der Waals surface area contributed by atoms with Crippen molar-refractivity contribution in [1.82, 2.24) is 0 Å². The number of anilines is 1. The van der Waals surface area contributed by atoms with E-state index in [0.717, 1.165) is 29.4 Å². The van der Waals surface area contributed by atoms with Gasteiger partial charge in [-0.2, -0.15) is 0 Å². The fraction of sp³-hybridized carbons (Fsp3) is 0.538. The lowest BCUT2D eigenvalue weighted by molar-refractivity contribution is 0.282. The van der Waals surface area contributed by atoms with Crippen LogP contribution in [0.4, 0.5) is 5.69 Å². The number of halogens is 1. The molecule has 1 aromatic carbocycles. The third kappa shape index (κ3) is 2.18. The van der Waals surface area contributed by atoms with E-state index in [0.29, 0.717) is 11.8 Å². The summed E-state index contributed by atoms with van der Waals surface area (Å²) in [6.45, 7) is 6.72. The Morgan fingerprint density at radius 3 is 2.50 bits per heavy atom. The first-order chi connectivity index (χ1) is 7.61. The molecule has 2 atom stereocenters. The second-order valence-corrected chi connectivity index (χ2v) is 5.23. The van der Waals surface area contributed by atoms with Crippen LogP contribution in [0.3, 0.4) is 0 Å². The molecular weight excluding hydrogens is 222 g/mol. The number of aliphatic hydroxyl groups excluding tert-OH is 1. The van der Waals surface area contributed by atoms with E-state index in [-0.39, 0.29) is 6.61 Å². The lowest BCUT2D eigenvalue weighted by atomic mass is 10.0. The quantitative estimate of drug-likeness (QED) is 0.858. The summed E-state index contributed by atoms with van der Waals surface area (Å²) in [6.07, 6.45) is 0. The van der Waals surface area contributed by atoms with Gasteiger partial charge < -0.3 is 10.0 Å². The summed E-state index contributed by atoms with van der Waals surface area (Å²) in [4.78, 5) is 2.33. The zero-order valence-electron chi connectivity index (χ0n) is 9.78. The zero-order valence-corrected chi connectivity index (χ0v) is 10.5. The van der Waals surface area contributed by atoms with Gasteiger partial charge in [-0.3, -0.25) is 0 Å². The fourth-order valence-electron chi connectivity index (χ4n) is 2.29. The third-order valence-corrected chi connectivity index (χ3v) is 3.78. The Hall–Kier alpha value is -0.730. The normalized spacial score (nSPS) is 25.1. The Labute approximate surface area is 102 Å². The molecular formula is C13H18ClNO. The molecule has 88 valence electrons. The van der Waals surface area contributed by atoms with E-state index in [1.165, 1.54) is 0 Å². The summed E-state index contributed by atoms with van der Waals surface area (Å²) in [7, 11) is 0. The van der Waals surface area contributed by atoms with Gasteiger partial charge >= 0.3 is 0 Å².